The monoisotopic (exact) mass is 344 g/mol. The molecule has 8 heteroatoms. The Kier molecular flexibility index (Phi) is 6.07. The molecule has 0 radical (unpaired) electrons. The number of carbonyl (C=O) groups is 1. The highest BCUT2D eigenvalue weighted by molar-refractivity contribution is 5.77. The number of piperazine rings is 1. The minimum Gasteiger partial charge on any atom is -0.388 e. The number of amides is 1. The average Bonchev–Trinajstić information content (AvgIpc) is 2.90. The second-order valence-electron chi connectivity index (χ2n) is 7.19. The summed E-state index contributed by atoms with van der Waals surface area (Å²) in [5.41, 5.74) is 3.71. The van der Waals surface area contributed by atoms with Crippen molar-refractivity contribution in [2.24, 2.45) is 0 Å². The standard InChI is InChI=1S/C16H30N4O4/c17-10-12-16(23)15(22)11(24-12)9-14(21)20-7-5-19(6-8-20)13-3-1-2-4-18-13/h11-13,15-16,18,22-23H,1-10,17H2/p+2. The van der Waals surface area contributed by atoms with Crippen LogP contribution in [-0.4, -0.2) is 95.8 Å². The van der Waals surface area contributed by atoms with Gasteiger partial charge in [0.15, 0.2) is 0 Å². The van der Waals surface area contributed by atoms with Crippen molar-refractivity contribution < 1.29 is 30.8 Å². The molecule has 24 heavy (non-hydrogen) atoms. The van der Waals surface area contributed by atoms with E-state index in [-0.39, 0.29) is 12.3 Å². The molecule has 0 spiro atoms. The Balaban J connectivity index is 1.45. The van der Waals surface area contributed by atoms with Crippen LogP contribution in [0.15, 0.2) is 0 Å². The van der Waals surface area contributed by atoms with Gasteiger partial charge in [-0.1, -0.05) is 0 Å². The van der Waals surface area contributed by atoms with Gasteiger partial charge < -0.3 is 30.9 Å². The first-order valence-electron chi connectivity index (χ1n) is 9.26. The van der Waals surface area contributed by atoms with E-state index >= 15 is 0 Å². The van der Waals surface area contributed by atoms with Gasteiger partial charge in [0.25, 0.3) is 0 Å². The first kappa shape index (κ1) is 18.0. The van der Waals surface area contributed by atoms with Crippen LogP contribution in [0.5, 0.6) is 0 Å². The minimum atomic E-state index is -1.00. The maximum Gasteiger partial charge on any atom is 0.225 e. The van der Waals surface area contributed by atoms with Crippen LogP contribution < -0.4 is 11.1 Å². The van der Waals surface area contributed by atoms with Crippen molar-refractivity contribution >= 4 is 5.91 Å². The molecule has 3 fully saturated rings. The Morgan fingerprint density at radius 3 is 2.42 bits per heavy atom. The molecule has 3 heterocycles. The first-order valence-corrected chi connectivity index (χ1v) is 9.26. The predicted molar refractivity (Wildman–Crippen MR) is 85.6 cm³/mol. The third-order valence-electron chi connectivity index (χ3n) is 5.65. The van der Waals surface area contributed by atoms with E-state index in [9.17, 15) is 15.0 Å². The lowest BCUT2D eigenvalue weighted by Crippen LogP contribution is -2.95. The van der Waals surface area contributed by atoms with Crippen LogP contribution in [0.3, 0.4) is 0 Å². The highest BCUT2D eigenvalue weighted by Crippen LogP contribution is 2.23. The number of hydrogen-bond acceptors (Lipinski definition) is 5. The van der Waals surface area contributed by atoms with Crippen molar-refractivity contribution in [3.63, 3.8) is 0 Å². The molecule has 0 aliphatic carbocycles. The van der Waals surface area contributed by atoms with Gasteiger partial charge in [-0.15, -0.1) is 0 Å². The molecule has 3 aliphatic heterocycles. The van der Waals surface area contributed by atoms with E-state index < -0.39 is 24.4 Å². The molecule has 5 unspecified atom stereocenters. The molecule has 138 valence electrons. The van der Waals surface area contributed by atoms with Gasteiger partial charge in [-0.25, -0.2) is 0 Å². The molecule has 0 aromatic carbocycles. The highest BCUT2D eigenvalue weighted by atomic mass is 16.5. The fourth-order valence-corrected chi connectivity index (χ4v) is 4.09. The summed E-state index contributed by atoms with van der Waals surface area (Å²) in [5.74, 6) is 0.00300. The molecular weight excluding hydrogens is 312 g/mol. The number of quaternary nitrogens is 2. The zero-order valence-corrected chi connectivity index (χ0v) is 14.3. The van der Waals surface area contributed by atoms with Crippen molar-refractivity contribution in [1.29, 1.82) is 0 Å². The smallest absolute Gasteiger partial charge is 0.225 e. The van der Waals surface area contributed by atoms with Crippen molar-refractivity contribution in [3.05, 3.63) is 0 Å². The van der Waals surface area contributed by atoms with Crippen molar-refractivity contribution in [2.75, 3.05) is 39.3 Å². The Morgan fingerprint density at radius 2 is 1.83 bits per heavy atom. The maximum absolute atomic E-state index is 12.5. The van der Waals surface area contributed by atoms with Gasteiger partial charge in [0.1, 0.15) is 31.0 Å². The fourth-order valence-electron chi connectivity index (χ4n) is 4.09. The molecule has 0 aromatic heterocycles. The molecule has 3 rings (SSSR count). The van der Waals surface area contributed by atoms with Crippen molar-refractivity contribution in [2.45, 2.75) is 56.3 Å². The number of aliphatic hydroxyl groups is 2. The highest BCUT2D eigenvalue weighted by Gasteiger charge is 2.44. The second kappa shape index (κ2) is 8.07. The summed E-state index contributed by atoms with van der Waals surface area (Å²) >= 11 is 0. The summed E-state index contributed by atoms with van der Waals surface area (Å²) in [5, 5.41) is 22.3. The van der Waals surface area contributed by atoms with Crippen LogP contribution in [0.1, 0.15) is 25.7 Å². The Labute approximate surface area is 142 Å². The third-order valence-corrected chi connectivity index (χ3v) is 5.65. The number of nitrogens with zero attached hydrogens (tertiary/aromatic N) is 2. The predicted octanol–water partition coefficient (Wildman–Crippen LogP) is -3.67. The van der Waals surface area contributed by atoms with E-state index in [1.54, 1.807) is 0 Å². The van der Waals surface area contributed by atoms with Gasteiger partial charge in [0.05, 0.1) is 19.1 Å². The van der Waals surface area contributed by atoms with Crippen LogP contribution in [0.25, 0.3) is 0 Å². The molecule has 3 aliphatic rings. The zero-order valence-electron chi connectivity index (χ0n) is 14.3. The molecule has 1 amide bonds. The molecule has 7 N–H and O–H groups in total. The summed E-state index contributed by atoms with van der Waals surface area (Å²) in [6, 6.07) is 0. The van der Waals surface area contributed by atoms with Gasteiger partial charge in [0.2, 0.25) is 5.91 Å². The van der Waals surface area contributed by atoms with Crippen molar-refractivity contribution in [1.82, 2.24) is 9.80 Å². The van der Waals surface area contributed by atoms with Crippen LogP contribution in [0.2, 0.25) is 0 Å². The maximum atomic E-state index is 12.5. The zero-order chi connectivity index (χ0) is 17.1. The fraction of sp³-hybridized carbons (Fsp3) is 0.938. The largest absolute Gasteiger partial charge is 0.388 e. The van der Waals surface area contributed by atoms with E-state index in [2.05, 4.69) is 16.0 Å². The summed E-state index contributed by atoms with van der Waals surface area (Å²) in [7, 11) is 0. The lowest BCUT2D eigenvalue weighted by atomic mass is 10.0. The lowest BCUT2D eigenvalue weighted by Gasteiger charge is -2.39. The minimum absolute atomic E-state index is 0.00300. The van der Waals surface area contributed by atoms with E-state index in [0.717, 1.165) is 26.2 Å². The van der Waals surface area contributed by atoms with Crippen LogP contribution >= 0.6 is 0 Å². The number of hydrogen-bond donors (Lipinski definition) is 4. The van der Waals surface area contributed by atoms with Gasteiger partial charge >= 0.3 is 0 Å². The van der Waals surface area contributed by atoms with Crippen molar-refractivity contribution in [3.8, 4) is 0 Å². The number of nitrogens with two attached hydrogens (primary N) is 1. The molecule has 0 bridgehead atoms. The van der Waals surface area contributed by atoms with Gasteiger partial charge in [-0.3, -0.25) is 9.69 Å². The summed E-state index contributed by atoms with van der Waals surface area (Å²) < 4.78 is 5.59. The van der Waals surface area contributed by atoms with Crippen LogP contribution in [0, 0.1) is 0 Å². The van der Waals surface area contributed by atoms with Crippen LogP contribution in [0.4, 0.5) is 0 Å². The lowest BCUT2D eigenvalue weighted by molar-refractivity contribution is -0.717. The number of carbonyl (C=O) groups excluding carboxylic acids is 1. The Morgan fingerprint density at radius 1 is 1.12 bits per heavy atom. The number of piperidine rings is 1. The van der Waals surface area contributed by atoms with E-state index in [4.69, 9.17) is 4.74 Å². The van der Waals surface area contributed by atoms with E-state index in [1.807, 2.05) is 4.90 Å². The third kappa shape index (κ3) is 3.89. The molecule has 3 saturated heterocycles. The summed E-state index contributed by atoms with van der Waals surface area (Å²) in [6.45, 7) is 4.87. The quantitative estimate of drug-likeness (QED) is 0.419. The SMILES string of the molecule is [NH3+]CC1OC(CC(=O)N2CCN(C3CCCC[NH2+]3)CC2)C(O)C1O. The number of rotatable bonds is 4. The molecule has 5 atom stereocenters. The molecule has 8 nitrogen and oxygen atoms in total. The Hall–Kier alpha value is -0.770. The topological polar surface area (TPSA) is 117 Å². The van der Waals surface area contributed by atoms with Gasteiger partial charge in [-0.2, -0.15) is 0 Å². The first-order chi connectivity index (χ1) is 11.6. The van der Waals surface area contributed by atoms with Crippen LogP contribution in [-0.2, 0) is 9.53 Å². The second-order valence-corrected chi connectivity index (χ2v) is 7.19. The van der Waals surface area contributed by atoms with Gasteiger partial charge in [0, 0.05) is 32.6 Å². The summed E-state index contributed by atoms with van der Waals surface area (Å²) in [4.78, 5) is 16.8. The number of ether oxygens (including phenoxy) is 1. The van der Waals surface area contributed by atoms with E-state index in [0.29, 0.717) is 12.7 Å². The molecule has 0 aromatic rings. The Bertz CT molecular complexity index is 424. The van der Waals surface area contributed by atoms with Gasteiger partial charge in [-0.05, 0) is 12.8 Å². The molecular formula is C16H32N4O4+2. The summed E-state index contributed by atoms with van der Waals surface area (Å²) in [6.07, 6.45) is 1.50. The average molecular weight is 344 g/mol. The molecule has 0 saturated carbocycles. The normalized spacial score (nSPS) is 38.5. The number of aliphatic hydroxyl groups excluding tert-OH is 2. The van der Waals surface area contributed by atoms with E-state index in [1.165, 1.54) is 25.8 Å².